The number of fused-ring (bicyclic) bond motifs is 1. The Morgan fingerprint density at radius 1 is 1.07 bits per heavy atom. The zero-order chi connectivity index (χ0) is 31.9. The van der Waals surface area contributed by atoms with Gasteiger partial charge in [-0.05, 0) is 44.4 Å². The molecule has 16 nitrogen and oxygen atoms in total. The van der Waals surface area contributed by atoms with Gasteiger partial charge in [-0.3, -0.25) is 23.9 Å². The zero-order valence-electron chi connectivity index (χ0n) is 24.8. The van der Waals surface area contributed by atoms with E-state index in [1.54, 1.807) is 4.57 Å². The van der Waals surface area contributed by atoms with Crippen molar-refractivity contribution in [2.75, 3.05) is 32.0 Å². The van der Waals surface area contributed by atoms with E-state index in [1.165, 1.54) is 29.7 Å². The average molecular weight is 649 g/mol. The van der Waals surface area contributed by atoms with Crippen LogP contribution in [0.25, 0.3) is 11.2 Å². The smallest absolute Gasteiger partial charge is 0.394 e. The summed E-state index contributed by atoms with van der Waals surface area (Å²) in [6, 6.07) is 0. The van der Waals surface area contributed by atoms with Crippen molar-refractivity contribution in [1.29, 1.82) is 0 Å². The highest BCUT2D eigenvalue weighted by atomic mass is 31.1. The highest BCUT2D eigenvalue weighted by Gasteiger charge is 2.51. The molecule has 0 spiro atoms. The molecular formula is C28H39N7O9P+. The second-order valence-corrected chi connectivity index (χ2v) is 12.2. The van der Waals surface area contributed by atoms with E-state index in [0.717, 1.165) is 44.9 Å². The van der Waals surface area contributed by atoms with E-state index in [-0.39, 0.29) is 35.4 Å². The van der Waals surface area contributed by atoms with Crippen LogP contribution in [-0.2, 0) is 32.9 Å². The van der Waals surface area contributed by atoms with Gasteiger partial charge in [0.1, 0.15) is 24.1 Å². The summed E-state index contributed by atoms with van der Waals surface area (Å²) >= 11 is 0. The third kappa shape index (κ3) is 7.88. The summed E-state index contributed by atoms with van der Waals surface area (Å²) in [5.74, 6) is -0.120. The van der Waals surface area contributed by atoms with Gasteiger partial charge in [0.05, 0.1) is 12.9 Å². The van der Waals surface area contributed by atoms with Crippen molar-refractivity contribution in [3.63, 3.8) is 0 Å². The lowest BCUT2D eigenvalue weighted by atomic mass is 9.81. The summed E-state index contributed by atoms with van der Waals surface area (Å²) < 4.78 is 30.4. The number of imide groups is 1. The van der Waals surface area contributed by atoms with Crippen LogP contribution in [0.15, 0.2) is 24.8 Å². The first-order valence-corrected chi connectivity index (χ1v) is 16.3. The van der Waals surface area contributed by atoms with Gasteiger partial charge in [0.2, 0.25) is 5.91 Å². The number of aliphatic hydroxyl groups is 1. The molecule has 5 atom stereocenters. The first kappa shape index (κ1) is 33.0. The Hall–Kier alpha value is -3.40. The van der Waals surface area contributed by atoms with E-state index in [4.69, 9.17) is 19.7 Å². The Bertz CT molecular complexity index is 1400. The van der Waals surface area contributed by atoms with Crippen molar-refractivity contribution in [3.8, 4) is 0 Å². The van der Waals surface area contributed by atoms with Crippen LogP contribution in [0.3, 0.4) is 0 Å². The molecule has 2 aromatic rings. The number of aliphatic hydroxyl groups excluding tert-OH is 1. The van der Waals surface area contributed by atoms with Crippen LogP contribution in [0, 0.1) is 11.8 Å². The number of anilines is 1. The number of hydrogen-bond donors (Lipinski definition) is 4. The molecule has 45 heavy (non-hydrogen) atoms. The summed E-state index contributed by atoms with van der Waals surface area (Å²) in [4.78, 5) is 59.4. The molecule has 0 radical (unpaired) electrons. The van der Waals surface area contributed by atoms with Crippen LogP contribution in [0.2, 0.25) is 0 Å². The standard InChI is InChI=1S/C28H38N7O9P/c29-25-22-26(32-15-31-25)35(16-33-22)28-24(23(44-45(40)41)19(14-36)43-28)42-12-4-2-1-3-11-30-27(39)18-7-5-17(6-8-18)13-34-20(37)9-10-21(34)38/h9-10,15-19,23-24,28,36H,1-8,11-14H2,(H3-,29,30,31,32,39,40,41)/p+1. The largest absolute Gasteiger partial charge is 0.695 e. The quantitative estimate of drug-likeness (QED) is 0.121. The average Bonchev–Trinajstić information content (AvgIpc) is 3.70. The molecule has 1 saturated carbocycles. The number of nitrogens with zero attached hydrogens (tertiary/aromatic N) is 5. The third-order valence-corrected chi connectivity index (χ3v) is 9.00. The first-order chi connectivity index (χ1) is 21.8. The summed E-state index contributed by atoms with van der Waals surface area (Å²) in [6.45, 7) is 0.823. The Morgan fingerprint density at radius 2 is 1.80 bits per heavy atom. The highest BCUT2D eigenvalue weighted by Crippen LogP contribution is 2.39. The van der Waals surface area contributed by atoms with Gasteiger partial charge in [-0.15, -0.1) is 9.42 Å². The molecule has 3 amide bonds. The predicted octanol–water partition coefficient (Wildman–Crippen LogP) is 1.13. The van der Waals surface area contributed by atoms with Crippen LogP contribution in [0.1, 0.15) is 57.6 Å². The molecule has 5 N–H and O–H groups in total. The fourth-order valence-corrected chi connectivity index (χ4v) is 6.64. The summed E-state index contributed by atoms with van der Waals surface area (Å²) in [5, 5.41) is 12.9. The minimum Gasteiger partial charge on any atom is -0.394 e. The zero-order valence-corrected chi connectivity index (χ0v) is 25.7. The number of hydrogen-bond acceptors (Lipinski definition) is 12. The number of carbonyl (C=O) groups is 3. The van der Waals surface area contributed by atoms with Crippen LogP contribution in [-0.4, -0.2) is 96.8 Å². The van der Waals surface area contributed by atoms with Gasteiger partial charge in [0.25, 0.3) is 11.8 Å². The van der Waals surface area contributed by atoms with E-state index in [0.29, 0.717) is 37.3 Å². The van der Waals surface area contributed by atoms with E-state index in [1.807, 2.05) is 0 Å². The number of nitrogens with one attached hydrogen (secondary N) is 1. The summed E-state index contributed by atoms with van der Waals surface area (Å²) in [5.41, 5.74) is 6.66. The Balaban J connectivity index is 1.02. The van der Waals surface area contributed by atoms with Crippen molar-refractivity contribution >= 4 is 43.0 Å². The lowest BCUT2D eigenvalue weighted by molar-refractivity contribution is -0.138. The summed E-state index contributed by atoms with van der Waals surface area (Å²) in [6.07, 6.45) is 7.97. The van der Waals surface area contributed by atoms with Gasteiger partial charge in [0.15, 0.2) is 23.8 Å². The molecule has 2 aromatic heterocycles. The molecule has 5 rings (SSSR count). The molecule has 3 aliphatic rings. The van der Waals surface area contributed by atoms with Gasteiger partial charge in [-0.2, -0.15) is 0 Å². The molecule has 2 fully saturated rings. The Kier molecular flexibility index (Phi) is 11.2. The first-order valence-electron chi connectivity index (χ1n) is 15.2. The molecule has 0 bridgehead atoms. The maximum atomic E-state index is 12.7. The molecule has 0 aromatic carbocycles. The van der Waals surface area contributed by atoms with Crippen LogP contribution in [0.5, 0.6) is 0 Å². The summed E-state index contributed by atoms with van der Waals surface area (Å²) in [7, 11) is -2.99. The number of carbonyl (C=O) groups excluding carboxylic acids is 3. The fourth-order valence-electron chi connectivity index (χ4n) is 6.18. The molecule has 5 unspecified atom stereocenters. The maximum Gasteiger partial charge on any atom is 0.695 e. The van der Waals surface area contributed by atoms with Crippen LogP contribution < -0.4 is 11.1 Å². The highest BCUT2D eigenvalue weighted by molar-refractivity contribution is 7.32. The Morgan fingerprint density at radius 3 is 2.51 bits per heavy atom. The molecule has 2 aliphatic heterocycles. The number of amides is 3. The number of nitrogen functional groups attached to an aromatic ring is 1. The minimum absolute atomic E-state index is 0.0461. The minimum atomic E-state index is -2.99. The van der Waals surface area contributed by atoms with E-state index >= 15 is 0 Å². The molecular weight excluding hydrogens is 609 g/mol. The number of imidazole rings is 1. The second kappa shape index (κ2) is 15.3. The maximum absolute atomic E-state index is 12.7. The SMILES string of the molecule is Nc1ncnc2c1ncn2C1OC(CO)C(O[P+](=O)O)C1OCCCCCCNC(=O)C1CCC(CN2C(=O)C=CC2=O)CC1. The van der Waals surface area contributed by atoms with E-state index in [2.05, 4.69) is 20.3 Å². The number of rotatable bonds is 15. The lowest BCUT2D eigenvalue weighted by Crippen LogP contribution is -2.38. The topological polar surface area (TPSA) is 221 Å². The second-order valence-electron chi connectivity index (χ2n) is 11.5. The van der Waals surface area contributed by atoms with Crippen LogP contribution in [0.4, 0.5) is 5.82 Å². The Labute approximate surface area is 260 Å². The van der Waals surface area contributed by atoms with Gasteiger partial charge in [0, 0.05) is 42.3 Å². The molecule has 1 aliphatic carbocycles. The van der Waals surface area contributed by atoms with E-state index < -0.39 is 39.4 Å². The molecule has 17 heteroatoms. The fraction of sp³-hybridized carbons (Fsp3) is 0.643. The number of aromatic nitrogens is 4. The van der Waals surface area contributed by atoms with Crippen molar-refractivity contribution in [3.05, 3.63) is 24.8 Å². The van der Waals surface area contributed by atoms with Gasteiger partial charge < -0.3 is 25.6 Å². The van der Waals surface area contributed by atoms with E-state index in [9.17, 15) is 28.9 Å². The number of nitrogens with two attached hydrogens (primary N) is 1. The van der Waals surface area contributed by atoms with Crippen molar-refractivity contribution < 1.29 is 42.9 Å². The van der Waals surface area contributed by atoms with Crippen molar-refractivity contribution in [2.24, 2.45) is 11.8 Å². The molecule has 244 valence electrons. The number of unbranched alkanes of at least 4 members (excludes halogenated alkanes) is 3. The normalized spacial score (nSPS) is 27.1. The molecule has 4 heterocycles. The van der Waals surface area contributed by atoms with Gasteiger partial charge in [-0.1, -0.05) is 12.8 Å². The monoisotopic (exact) mass is 648 g/mol. The predicted molar refractivity (Wildman–Crippen MR) is 158 cm³/mol. The lowest BCUT2D eigenvalue weighted by Gasteiger charge is -2.30. The van der Waals surface area contributed by atoms with Gasteiger partial charge in [-0.25, -0.2) is 15.0 Å². The number of ether oxygens (including phenoxy) is 2. The van der Waals surface area contributed by atoms with Crippen LogP contribution >= 0.6 is 8.25 Å². The van der Waals surface area contributed by atoms with Crippen molar-refractivity contribution in [2.45, 2.75) is 75.9 Å². The third-order valence-electron chi connectivity index (χ3n) is 8.58. The molecule has 1 saturated heterocycles. The van der Waals surface area contributed by atoms with Gasteiger partial charge >= 0.3 is 8.25 Å². The van der Waals surface area contributed by atoms with Crippen molar-refractivity contribution in [1.82, 2.24) is 29.7 Å².